The topological polar surface area (TPSA) is 59.7 Å². The van der Waals surface area contributed by atoms with Gasteiger partial charge in [-0.2, -0.15) is 4.39 Å². The van der Waals surface area contributed by atoms with Gasteiger partial charge in [0.05, 0.1) is 0 Å². The van der Waals surface area contributed by atoms with E-state index in [2.05, 4.69) is 0 Å². The van der Waals surface area contributed by atoms with Crippen LogP contribution >= 0.6 is 0 Å². The first-order chi connectivity index (χ1) is 8.58. The smallest absolute Gasteiger partial charge is 0.371 e. The van der Waals surface area contributed by atoms with Gasteiger partial charge >= 0.3 is 5.97 Å². The number of ether oxygens (including phenoxy) is 1. The normalized spacial score (nSPS) is 10.3. The van der Waals surface area contributed by atoms with Crippen LogP contribution in [-0.2, 0) is 6.61 Å². The third-order valence-electron chi connectivity index (χ3n) is 2.16. The second kappa shape index (κ2) is 4.87. The maximum atomic E-state index is 13.2. The highest BCUT2D eigenvalue weighted by molar-refractivity contribution is 5.84. The SMILES string of the molecule is O=C(O)c1ccc(COc2cccc(F)c2F)o1. The first-order valence-electron chi connectivity index (χ1n) is 4.96. The van der Waals surface area contributed by atoms with E-state index >= 15 is 0 Å². The maximum absolute atomic E-state index is 13.2. The van der Waals surface area contributed by atoms with Gasteiger partial charge in [0.15, 0.2) is 11.6 Å². The van der Waals surface area contributed by atoms with Gasteiger partial charge in [-0.25, -0.2) is 9.18 Å². The van der Waals surface area contributed by atoms with Gasteiger partial charge in [0, 0.05) is 0 Å². The summed E-state index contributed by atoms with van der Waals surface area (Å²) in [5.74, 6) is -3.62. The summed E-state index contributed by atoms with van der Waals surface area (Å²) in [5, 5.41) is 8.62. The van der Waals surface area contributed by atoms with Crippen molar-refractivity contribution in [2.75, 3.05) is 0 Å². The van der Waals surface area contributed by atoms with Crippen LogP contribution in [0.3, 0.4) is 0 Å². The van der Waals surface area contributed by atoms with E-state index in [-0.39, 0.29) is 23.9 Å². The summed E-state index contributed by atoms with van der Waals surface area (Å²) in [4.78, 5) is 10.5. The number of carboxylic acids is 1. The van der Waals surface area contributed by atoms with E-state index in [1.54, 1.807) is 0 Å². The Morgan fingerprint density at radius 2 is 2.06 bits per heavy atom. The fraction of sp³-hybridized carbons (Fsp3) is 0.0833. The summed E-state index contributed by atoms with van der Waals surface area (Å²) >= 11 is 0. The fourth-order valence-electron chi connectivity index (χ4n) is 1.31. The zero-order valence-electron chi connectivity index (χ0n) is 9.02. The number of halogens is 2. The van der Waals surface area contributed by atoms with Gasteiger partial charge in [-0.1, -0.05) is 6.07 Å². The van der Waals surface area contributed by atoms with Crippen molar-refractivity contribution in [3.8, 4) is 5.75 Å². The summed E-state index contributed by atoms with van der Waals surface area (Å²) in [5.41, 5.74) is 0. The largest absolute Gasteiger partial charge is 0.482 e. The van der Waals surface area contributed by atoms with Gasteiger partial charge in [0.25, 0.3) is 0 Å². The number of hydrogen-bond donors (Lipinski definition) is 1. The van der Waals surface area contributed by atoms with Crippen LogP contribution in [0, 0.1) is 11.6 Å². The summed E-state index contributed by atoms with van der Waals surface area (Å²) in [7, 11) is 0. The zero-order valence-corrected chi connectivity index (χ0v) is 9.02. The third-order valence-corrected chi connectivity index (χ3v) is 2.16. The molecule has 2 rings (SSSR count). The molecule has 0 spiro atoms. The number of hydrogen-bond acceptors (Lipinski definition) is 3. The summed E-state index contributed by atoms with van der Waals surface area (Å²) in [6.45, 7) is -0.187. The first-order valence-corrected chi connectivity index (χ1v) is 4.96. The van der Waals surface area contributed by atoms with Crippen molar-refractivity contribution < 1.29 is 27.8 Å². The van der Waals surface area contributed by atoms with Gasteiger partial charge in [-0.3, -0.25) is 0 Å². The Morgan fingerprint density at radius 3 is 2.72 bits per heavy atom. The van der Waals surface area contributed by atoms with E-state index in [1.807, 2.05) is 0 Å². The molecule has 1 heterocycles. The van der Waals surface area contributed by atoms with Crippen LogP contribution in [0.4, 0.5) is 8.78 Å². The second-order valence-electron chi connectivity index (χ2n) is 3.41. The molecular formula is C12H8F2O4. The van der Waals surface area contributed by atoms with Crippen molar-refractivity contribution in [3.05, 3.63) is 53.5 Å². The van der Waals surface area contributed by atoms with E-state index < -0.39 is 17.6 Å². The number of furan rings is 1. The summed E-state index contributed by atoms with van der Waals surface area (Å²) < 4.78 is 36.0. The summed E-state index contributed by atoms with van der Waals surface area (Å²) in [6.07, 6.45) is 0. The van der Waals surface area contributed by atoms with E-state index in [4.69, 9.17) is 14.3 Å². The molecule has 0 fully saturated rings. The second-order valence-corrected chi connectivity index (χ2v) is 3.41. The molecule has 94 valence electrons. The molecule has 6 heteroatoms. The number of aromatic carboxylic acids is 1. The molecule has 0 amide bonds. The molecule has 0 aliphatic carbocycles. The highest BCUT2D eigenvalue weighted by atomic mass is 19.2. The molecule has 1 N–H and O–H groups in total. The van der Waals surface area contributed by atoms with Crippen molar-refractivity contribution in [2.45, 2.75) is 6.61 Å². The first kappa shape index (κ1) is 12.1. The van der Waals surface area contributed by atoms with Crippen molar-refractivity contribution in [1.82, 2.24) is 0 Å². The van der Waals surface area contributed by atoms with Crippen LogP contribution in [-0.4, -0.2) is 11.1 Å². The van der Waals surface area contributed by atoms with Gasteiger partial charge in [0.2, 0.25) is 11.6 Å². The molecule has 1 aromatic carbocycles. The monoisotopic (exact) mass is 254 g/mol. The van der Waals surface area contributed by atoms with E-state index in [0.29, 0.717) is 0 Å². The third kappa shape index (κ3) is 2.48. The molecular weight excluding hydrogens is 246 g/mol. The molecule has 0 saturated heterocycles. The molecule has 2 aromatic rings. The minimum Gasteiger partial charge on any atom is -0.482 e. The molecule has 0 saturated carbocycles. The van der Waals surface area contributed by atoms with Gasteiger partial charge in [-0.15, -0.1) is 0 Å². The molecule has 0 aliphatic heterocycles. The molecule has 0 bridgehead atoms. The Balaban J connectivity index is 2.07. The molecule has 1 aromatic heterocycles. The molecule has 4 nitrogen and oxygen atoms in total. The fourth-order valence-corrected chi connectivity index (χ4v) is 1.31. The lowest BCUT2D eigenvalue weighted by Gasteiger charge is -2.05. The van der Waals surface area contributed by atoms with Crippen LogP contribution < -0.4 is 4.74 Å². The Hall–Kier alpha value is -2.37. The van der Waals surface area contributed by atoms with Crippen LogP contribution in [0.1, 0.15) is 16.3 Å². The van der Waals surface area contributed by atoms with Gasteiger partial charge < -0.3 is 14.3 Å². The lowest BCUT2D eigenvalue weighted by molar-refractivity contribution is 0.0658. The number of carbonyl (C=O) groups is 1. The lowest BCUT2D eigenvalue weighted by Crippen LogP contribution is -1.98. The highest BCUT2D eigenvalue weighted by Crippen LogP contribution is 2.20. The minimum absolute atomic E-state index is 0.187. The molecule has 0 unspecified atom stereocenters. The molecule has 0 radical (unpaired) electrons. The lowest BCUT2D eigenvalue weighted by atomic mass is 10.3. The molecule has 0 atom stereocenters. The Morgan fingerprint density at radius 1 is 1.28 bits per heavy atom. The van der Waals surface area contributed by atoms with Gasteiger partial charge in [-0.05, 0) is 24.3 Å². The van der Waals surface area contributed by atoms with Gasteiger partial charge in [0.1, 0.15) is 12.4 Å². The van der Waals surface area contributed by atoms with E-state index in [1.165, 1.54) is 24.3 Å². The van der Waals surface area contributed by atoms with Crippen molar-refractivity contribution >= 4 is 5.97 Å². The predicted molar refractivity (Wildman–Crippen MR) is 56.4 cm³/mol. The average molecular weight is 254 g/mol. The summed E-state index contributed by atoms with van der Waals surface area (Å²) in [6, 6.07) is 6.18. The zero-order chi connectivity index (χ0) is 13.1. The Labute approximate surface area is 100 Å². The molecule has 18 heavy (non-hydrogen) atoms. The predicted octanol–water partition coefficient (Wildman–Crippen LogP) is 2.84. The highest BCUT2D eigenvalue weighted by Gasteiger charge is 2.12. The van der Waals surface area contributed by atoms with Crippen molar-refractivity contribution in [1.29, 1.82) is 0 Å². The van der Waals surface area contributed by atoms with Crippen LogP contribution in [0.5, 0.6) is 5.75 Å². The standard InChI is InChI=1S/C12H8F2O4/c13-8-2-1-3-9(11(8)14)17-6-7-4-5-10(18-7)12(15)16/h1-5H,6H2,(H,15,16). The Bertz CT molecular complexity index is 577. The van der Waals surface area contributed by atoms with Crippen LogP contribution in [0.2, 0.25) is 0 Å². The van der Waals surface area contributed by atoms with Crippen molar-refractivity contribution in [3.63, 3.8) is 0 Å². The Kier molecular flexibility index (Phi) is 3.27. The quantitative estimate of drug-likeness (QED) is 0.911. The number of rotatable bonds is 4. The minimum atomic E-state index is -1.21. The van der Waals surface area contributed by atoms with E-state index in [0.717, 1.165) is 6.07 Å². The van der Waals surface area contributed by atoms with Crippen molar-refractivity contribution in [2.24, 2.45) is 0 Å². The molecule has 0 aliphatic rings. The number of benzene rings is 1. The maximum Gasteiger partial charge on any atom is 0.371 e. The van der Waals surface area contributed by atoms with E-state index in [9.17, 15) is 13.6 Å². The van der Waals surface area contributed by atoms with Crippen LogP contribution in [0.25, 0.3) is 0 Å². The van der Waals surface area contributed by atoms with Crippen LogP contribution in [0.15, 0.2) is 34.7 Å². The number of carboxylic acid groups (broad SMARTS) is 1. The average Bonchev–Trinajstić information content (AvgIpc) is 2.80.